The van der Waals surface area contributed by atoms with E-state index in [0.29, 0.717) is 12.0 Å². The molecule has 0 spiro atoms. The van der Waals surface area contributed by atoms with Crippen molar-refractivity contribution in [1.82, 2.24) is 0 Å². The number of anilines is 2. The molecular weight excluding hydrogens is 242 g/mol. The maximum Gasteiger partial charge on any atom is 0.0618 e. The van der Waals surface area contributed by atoms with Gasteiger partial charge in [0.05, 0.1) is 6.04 Å². The van der Waals surface area contributed by atoms with Crippen LogP contribution in [0.15, 0.2) is 60.7 Å². The van der Waals surface area contributed by atoms with E-state index in [1.165, 1.54) is 22.5 Å². The van der Waals surface area contributed by atoms with Gasteiger partial charge >= 0.3 is 0 Å². The summed E-state index contributed by atoms with van der Waals surface area (Å²) >= 11 is 0. The molecule has 1 nitrogen and oxygen atoms in total. The van der Waals surface area contributed by atoms with Gasteiger partial charge in [-0.2, -0.15) is 0 Å². The lowest BCUT2D eigenvalue weighted by Crippen LogP contribution is -2.31. The van der Waals surface area contributed by atoms with Gasteiger partial charge in [-0.15, -0.1) is 0 Å². The predicted molar refractivity (Wildman–Crippen MR) is 87.3 cm³/mol. The van der Waals surface area contributed by atoms with Crippen LogP contribution in [0.25, 0.3) is 5.57 Å². The molecule has 0 saturated heterocycles. The third-order valence-electron chi connectivity index (χ3n) is 4.05. The van der Waals surface area contributed by atoms with Gasteiger partial charge in [0.1, 0.15) is 0 Å². The van der Waals surface area contributed by atoms with Crippen molar-refractivity contribution in [2.45, 2.75) is 26.8 Å². The smallest absolute Gasteiger partial charge is 0.0618 e. The first-order valence-electron chi connectivity index (χ1n) is 7.34. The average molecular weight is 263 g/mol. The van der Waals surface area contributed by atoms with Crippen molar-refractivity contribution in [3.63, 3.8) is 0 Å². The Morgan fingerprint density at radius 1 is 0.950 bits per heavy atom. The van der Waals surface area contributed by atoms with Gasteiger partial charge in [0.25, 0.3) is 0 Å². The van der Waals surface area contributed by atoms with Crippen LogP contribution in [-0.4, -0.2) is 6.04 Å². The summed E-state index contributed by atoms with van der Waals surface area (Å²) in [5.41, 5.74) is 5.41. The molecule has 1 atom stereocenters. The van der Waals surface area contributed by atoms with E-state index in [2.05, 4.69) is 86.3 Å². The molecule has 3 rings (SSSR count). The minimum Gasteiger partial charge on any atom is -0.333 e. The molecule has 1 unspecified atom stereocenters. The van der Waals surface area contributed by atoms with E-state index in [4.69, 9.17) is 0 Å². The molecule has 20 heavy (non-hydrogen) atoms. The van der Waals surface area contributed by atoms with Crippen LogP contribution in [0.2, 0.25) is 0 Å². The van der Waals surface area contributed by atoms with E-state index >= 15 is 0 Å². The summed E-state index contributed by atoms with van der Waals surface area (Å²) in [7, 11) is 0. The Labute approximate surface area is 121 Å². The average Bonchev–Trinajstić information content (AvgIpc) is 2.82. The van der Waals surface area contributed by atoms with Gasteiger partial charge < -0.3 is 4.90 Å². The number of fused-ring (bicyclic) bond motifs is 1. The Morgan fingerprint density at radius 3 is 2.25 bits per heavy atom. The van der Waals surface area contributed by atoms with Crippen molar-refractivity contribution in [2.24, 2.45) is 5.92 Å². The fraction of sp³-hybridized carbons (Fsp3) is 0.263. The second kappa shape index (κ2) is 5.16. The minimum absolute atomic E-state index is 0.416. The van der Waals surface area contributed by atoms with Gasteiger partial charge in [0.2, 0.25) is 0 Å². The lowest BCUT2D eigenvalue weighted by Gasteiger charge is -2.31. The molecule has 0 bridgehead atoms. The van der Waals surface area contributed by atoms with Gasteiger partial charge in [-0.25, -0.2) is 0 Å². The number of nitrogens with zero attached hydrogens (tertiary/aromatic N) is 1. The van der Waals surface area contributed by atoms with Gasteiger partial charge in [-0.3, -0.25) is 0 Å². The van der Waals surface area contributed by atoms with Crippen molar-refractivity contribution < 1.29 is 0 Å². The zero-order chi connectivity index (χ0) is 14.1. The second-order valence-corrected chi connectivity index (χ2v) is 5.66. The van der Waals surface area contributed by atoms with Crippen LogP contribution in [0.4, 0.5) is 11.4 Å². The van der Waals surface area contributed by atoms with Crippen LogP contribution >= 0.6 is 0 Å². The Morgan fingerprint density at radius 2 is 1.60 bits per heavy atom. The Kier molecular flexibility index (Phi) is 3.35. The van der Waals surface area contributed by atoms with Crippen molar-refractivity contribution >= 4 is 16.9 Å². The molecule has 0 aromatic heterocycles. The van der Waals surface area contributed by atoms with Crippen LogP contribution in [-0.2, 0) is 0 Å². The lowest BCUT2D eigenvalue weighted by molar-refractivity contribution is 0.581. The van der Waals surface area contributed by atoms with Gasteiger partial charge in [-0.1, -0.05) is 56.3 Å². The van der Waals surface area contributed by atoms with E-state index in [1.54, 1.807) is 0 Å². The summed E-state index contributed by atoms with van der Waals surface area (Å²) in [6.07, 6.45) is 2.27. The Bertz CT molecular complexity index is 625. The highest BCUT2D eigenvalue weighted by molar-refractivity contribution is 5.92. The highest BCUT2D eigenvalue weighted by Gasteiger charge is 2.35. The number of allylic oxidation sites excluding steroid dienone is 1. The number of hydrogen-bond acceptors (Lipinski definition) is 1. The van der Waals surface area contributed by atoms with Crippen LogP contribution in [0.3, 0.4) is 0 Å². The van der Waals surface area contributed by atoms with Crippen LogP contribution < -0.4 is 4.90 Å². The molecule has 1 heteroatoms. The topological polar surface area (TPSA) is 3.24 Å². The van der Waals surface area contributed by atoms with Crippen molar-refractivity contribution in [2.75, 3.05) is 4.90 Å². The van der Waals surface area contributed by atoms with Crippen LogP contribution in [0, 0.1) is 5.92 Å². The van der Waals surface area contributed by atoms with E-state index in [9.17, 15) is 0 Å². The molecule has 0 N–H and O–H groups in total. The quantitative estimate of drug-likeness (QED) is 0.713. The molecule has 1 aliphatic rings. The molecule has 0 fully saturated rings. The molecule has 0 amide bonds. The summed E-state index contributed by atoms with van der Waals surface area (Å²) in [6.45, 7) is 6.75. The molecule has 1 heterocycles. The standard InChI is InChI=1S/C19H21N/c1-4-16-17-12-8-9-13-18(17)20(19(16)14(2)3)15-10-6-5-7-11-15/h4-14,19H,1-3H3/b16-4-. The first kappa shape index (κ1) is 13.0. The summed E-state index contributed by atoms with van der Waals surface area (Å²) < 4.78 is 0. The molecular formula is C19H21N. The van der Waals surface area contributed by atoms with E-state index in [-0.39, 0.29) is 0 Å². The zero-order valence-electron chi connectivity index (χ0n) is 12.4. The third-order valence-corrected chi connectivity index (χ3v) is 4.05. The third kappa shape index (κ3) is 1.94. The van der Waals surface area contributed by atoms with Gasteiger partial charge in [0.15, 0.2) is 0 Å². The minimum atomic E-state index is 0.416. The number of para-hydroxylation sites is 2. The number of hydrogen-bond donors (Lipinski definition) is 0. The van der Waals surface area contributed by atoms with Crippen LogP contribution in [0.1, 0.15) is 26.3 Å². The maximum atomic E-state index is 2.48. The predicted octanol–water partition coefficient (Wildman–Crippen LogP) is 5.27. The number of benzene rings is 2. The number of rotatable bonds is 2. The summed E-state index contributed by atoms with van der Waals surface area (Å²) in [5, 5.41) is 0. The molecule has 1 aliphatic heterocycles. The molecule has 2 aromatic rings. The first-order valence-corrected chi connectivity index (χ1v) is 7.34. The second-order valence-electron chi connectivity index (χ2n) is 5.66. The SMILES string of the molecule is C/C=C1/c2ccccc2N(c2ccccc2)C1C(C)C. The lowest BCUT2D eigenvalue weighted by atomic mass is 9.93. The molecule has 2 aromatic carbocycles. The van der Waals surface area contributed by atoms with Crippen molar-refractivity contribution in [3.8, 4) is 0 Å². The molecule has 0 aliphatic carbocycles. The van der Waals surface area contributed by atoms with Gasteiger partial charge in [0, 0.05) is 16.9 Å². The molecule has 0 radical (unpaired) electrons. The summed E-state index contributed by atoms with van der Waals surface area (Å²) in [6, 6.07) is 19.9. The van der Waals surface area contributed by atoms with Crippen molar-refractivity contribution in [3.05, 3.63) is 66.2 Å². The highest BCUT2D eigenvalue weighted by Crippen LogP contribution is 2.46. The summed E-state index contributed by atoms with van der Waals surface area (Å²) in [5.74, 6) is 0.564. The Hall–Kier alpha value is -2.02. The highest BCUT2D eigenvalue weighted by atomic mass is 15.2. The fourth-order valence-electron chi connectivity index (χ4n) is 3.25. The van der Waals surface area contributed by atoms with Gasteiger partial charge in [-0.05, 0) is 36.6 Å². The Balaban J connectivity index is 2.20. The fourth-order valence-corrected chi connectivity index (χ4v) is 3.25. The van der Waals surface area contributed by atoms with E-state index in [0.717, 1.165) is 0 Å². The molecule has 0 saturated carbocycles. The zero-order valence-corrected chi connectivity index (χ0v) is 12.4. The van der Waals surface area contributed by atoms with E-state index in [1.807, 2.05) is 0 Å². The largest absolute Gasteiger partial charge is 0.333 e. The van der Waals surface area contributed by atoms with E-state index < -0.39 is 0 Å². The maximum absolute atomic E-state index is 2.48. The summed E-state index contributed by atoms with van der Waals surface area (Å²) in [4.78, 5) is 2.48. The first-order chi connectivity index (χ1) is 9.74. The monoisotopic (exact) mass is 263 g/mol. The molecule has 102 valence electrons. The normalized spacial score (nSPS) is 19.7. The van der Waals surface area contributed by atoms with Crippen LogP contribution in [0.5, 0.6) is 0 Å². The van der Waals surface area contributed by atoms with Crippen molar-refractivity contribution in [1.29, 1.82) is 0 Å².